The quantitative estimate of drug-likeness (QED) is 0.527. The van der Waals surface area contributed by atoms with Crippen LogP contribution in [0.15, 0.2) is 52.9 Å². The van der Waals surface area contributed by atoms with Crippen molar-refractivity contribution in [3.8, 4) is 17.0 Å². The van der Waals surface area contributed by atoms with Crippen molar-refractivity contribution in [1.82, 2.24) is 19.7 Å². The molecule has 9 heteroatoms. The van der Waals surface area contributed by atoms with Crippen molar-refractivity contribution in [3.05, 3.63) is 75.1 Å². The molecule has 4 aromatic rings. The van der Waals surface area contributed by atoms with E-state index in [0.29, 0.717) is 29.1 Å². The molecule has 0 spiro atoms. The zero-order valence-corrected chi connectivity index (χ0v) is 17.4. The maximum absolute atomic E-state index is 12.8. The van der Waals surface area contributed by atoms with Crippen LogP contribution >= 0.6 is 11.3 Å². The van der Waals surface area contributed by atoms with Gasteiger partial charge in [-0.3, -0.25) is 14.7 Å². The van der Waals surface area contributed by atoms with Gasteiger partial charge >= 0.3 is 6.09 Å². The Labute approximate surface area is 181 Å². The molecule has 8 nitrogen and oxygen atoms in total. The maximum atomic E-state index is 12.8. The summed E-state index contributed by atoms with van der Waals surface area (Å²) in [4.78, 5) is 29.4. The molecule has 1 aliphatic rings. The molecule has 31 heavy (non-hydrogen) atoms. The molecule has 0 bridgehead atoms. The first kappa shape index (κ1) is 19.3. The molecule has 4 heterocycles. The summed E-state index contributed by atoms with van der Waals surface area (Å²) in [7, 11) is 1.61. The lowest BCUT2D eigenvalue weighted by Crippen LogP contribution is -2.22. The monoisotopic (exact) mass is 434 g/mol. The van der Waals surface area contributed by atoms with Crippen molar-refractivity contribution >= 4 is 27.5 Å². The molecule has 0 saturated heterocycles. The van der Waals surface area contributed by atoms with Crippen molar-refractivity contribution < 1.29 is 14.6 Å². The second-order valence-electron chi connectivity index (χ2n) is 7.35. The fourth-order valence-electron chi connectivity index (χ4n) is 3.78. The lowest BCUT2D eigenvalue weighted by atomic mass is 10.1. The maximum Gasteiger partial charge on any atom is 0.407 e. The third-order valence-electron chi connectivity index (χ3n) is 5.36. The molecule has 156 valence electrons. The number of thiophene rings is 1. The Morgan fingerprint density at radius 1 is 1.19 bits per heavy atom. The molecule has 0 unspecified atom stereocenters. The van der Waals surface area contributed by atoms with Gasteiger partial charge in [0.15, 0.2) is 0 Å². The lowest BCUT2D eigenvalue weighted by Gasteiger charge is -2.09. The van der Waals surface area contributed by atoms with Gasteiger partial charge in [0.2, 0.25) is 5.88 Å². The topological polar surface area (TPSA) is 97.6 Å². The second kappa shape index (κ2) is 7.51. The predicted octanol–water partition coefficient (Wildman–Crippen LogP) is 3.63. The highest BCUT2D eigenvalue weighted by molar-refractivity contribution is 7.18. The average molecular weight is 434 g/mol. The molecule has 1 N–H and O–H groups in total. The summed E-state index contributed by atoms with van der Waals surface area (Å²) in [6.07, 6.45) is 2.47. The normalized spacial score (nSPS) is 12.9. The van der Waals surface area contributed by atoms with Gasteiger partial charge in [-0.25, -0.2) is 9.48 Å². The Hall–Kier alpha value is -3.72. The minimum absolute atomic E-state index is 0.179. The third kappa shape index (κ3) is 3.42. The van der Waals surface area contributed by atoms with Crippen molar-refractivity contribution in [2.75, 3.05) is 0 Å². The lowest BCUT2D eigenvalue weighted by molar-refractivity contribution is 0.145. The van der Waals surface area contributed by atoms with Gasteiger partial charge in [0, 0.05) is 43.5 Å². The highest BCUT2D eigenvalue weighted by Gasteiger charge is 2.23. The van der Waals surface area contributed by atoms with E-state index >= 15 is 0 Å². The van der Waals surface area contributed by atoms with E-state index in [9.17, 15) is 14.7 Å². The predicted molar refractivity (Wildman–Crippen MR) is 116 cm³/mol. The van der Waals surface area contributed by atoms with Crippen LogP contribution in [0.3, 0.4) is 0 Å². The van der Waals surface area contributed by atoms with Crippen LogP contribution in [0.1, 0.15) is 16.7 Å². The molecule has 0 fully saturated rings. The fourth-order valence-corrected chi connectivity index (χ4v) is 4.78. The van der Waals surface area contributed by atoms with Gasteiger partial charge in [0.25, 0.3) is 5.56 Å². The summed E-state index contributed by atoms with van der Waals surface area (Å²) >= 11 is 1.42. The largest absolute Gasteiger partial charge is 0.471 e. The molecule has 3 aromatic heterocycles. The number of carbonyl (C=O) groups is 1. The molecule has 1 aromatic carbocycles. The van der Waals surface area contributed by atoms with E-state index in [1.807, 2.05) is 35.7 Å². The number of hydrogen-bond donors (Lipinski definition) is 1. The molecule has 0 atom stereocenters. The van der Waals surface area contributed by atoms with Gasteiger partial charge in [-0.15, -0.1) is 16.4 Å². The fraction of sp³-hybridized carbons (Fsp3) is 0.182. The zero-order chi connectivity index (χ0) is 21.5. The summed E-state index contributed by atoms with van der Waals surface area (Å²) in [6.45, 7) is 1.05. The summed E-state index contributed by atoms with van der Waals surface area (Å²) in [5.41, 5.74) is 4.48. The zero-order valence-electron chi connectivity index (χ0n) is 16.6. The van der Waals surface area contributed by atoms with E-state index in [0.717, 1.165) is 27.8 Å². The van der Waals surface area contributed by atoms with E-state index in [4.69, 9.17) is 4.74 Å². The van der Waals surface area contributed by atoms with Gasteiger partial charge in [0.1, 0.15) is 11.3 Å². The van der Waals surface area contributed by atoms with Crippen molar-refractivity contribution in [2.24, 2.45) is 7.05 Å². The molecule has 0 radical (unpaired) electrons. The number of fused-ring (bicyclic) bond motifs is 2. The van der Waals surface area contributed by atoms with Crippen LogP contribution < -0.4 is 10.3 Å². The van der Waals surface area contributed by atoms with Gasteiger partial charge < -0.3 is 9.84 Å². The summed E-state index contributed by atoms with van der Waals surface area (Å²) in [6, 6.07) is 9.57. The standard InChI is InChI=1S/C22H18N4O4S/c1-25-21(27)18-17(14-4-6-23-7-5-14)12-31-19(18)20(24-25)30-11-13-2-3-15-9-26(22(28)29)10-16(15)8-13/h2-8,12H,9-11H2,1H3,(H,28,29). The number of rotatable bonds is 4. The summed E-state index contributed by atoms with van der Waals surface area (Å²) in [5, 5.41) is 16.0. The third-order valence-corrected chi connectivity index (χ3v) is 6.33. The van der Waals surface area contributed by atoms with Gasteiger partial charge in [-0.2, -0.15) is 0 Å². The molecule has 1 aliphatic heterocycles. The first-order chi connectivity index (χ1) is 15.0. The highest BCUT2D eigenvalue weighted by atomic mass is 32.1. The van der Waals surface area contributed by atoms with Crippen molar-refractivity contribution in [2.45, 2.75) is 19.7 Å². The Morgan fingerprint density at radius 2 is 1.97 bits per heavy atom. The number of ether oxygens (including phenoxy) is 1. The van der Waals surface area contributed by atoms with E-state index < -0.39 is 6.09 Å². The molecule has 0 saturated carbocycles. The number of pyridine rings is 1. The molecular formula is C22H18N4O4S. The number of aromatic nitrogens is 3. The summed E-state index contributed by atoms with van der Waals surface area (Å²) < 4.78 is 8.02. The van der Waals surface area contributed by atoms with E-state index in [-0.39, 0.29) is 12.2 Å². The van der Waals surface area contributed by atoms with Gasteiger partial charge in [-0.1, -0.05) is 18.2 Å². The van der Waals surface area contributed by atoms with Crippen molar-refractivity contribution in [1.29, 1.82) is 0 Å². The van der Waals surface area contributed by atoms with Crippen LogP contribution in [-0.2, 0) is 26.7 Å². The second-order valence-corrected chi connectivity index (χ2v) is 8.23. The molecule has 5 rings (SSSR count). The SMILES string of the molecule is Cn1nc(OCc2ccc3c(c2)CN(C(=O)O)C3)c2scc(-c3ccncc3)c2c1=O. The summed E-state index contributed by atoms with van der Waals surface area (Å²) in [5.74, 6) is 0.398. The number of nitrogens with zero attached hydrogens (tertiary/aromatic N) is 4. The number of hydrogen-bond acceptors (Lipinski definition) is 6. The van der Waals surface area contributed by atoms with Crippen LogP contribution in [0.4, 0.5) is 4.79 Å². The smallest absolute Gasteiger partial charge is 0.407 e. The Kier molecular flexibility index (Phi) is 4.67. The minimum Gasteiger partial charge on any atom is -0.471 e. The average Bonchev–Trinajstić information content (AvgIpc) is 3.40. The highest BCUT2D eigenvalue weighted by Crippen LogP contribution is 2.36. The minimum atomic E-state index is -0.923. The van der Waals surface area contributed by atoms with Crippen LogP contribution in [0.2, 0.25) is 0 Å². The van der Waals surface area contributed by atoms with E-state index in [1.165, 1.54) is 20.9 Å². The van der Waals surface area contributed by atoms with Gasteiger partial charge in [0.05, 0.1) is 5.39 Å². The first-order valence-electron chi connectivity index (χ1n) is 9.61. The first-order valence-corrected chi connectivity index (χ1v) is 10.5. The number of carboxylic acid groups (broad SMARTS) is 1. The van der Waals surface area contributed by atoms with Crippen LogP contribution in [0, 0.1) is 0 Å². The van der Waals surface area contributed by atoms with Crippen LogP contribution in [-0.4, -0.2) is 30.9 Å². The number of benzene rings is 1. The van der Waals surface area contributed by atoms with Gasteiger partial charge in [-0.05, 0) is 34.4 Å². The van der Waals surface area contributed by atoms with Crippen LogP contribution in [0.25, 0.3) is 21.2 Å². The van der Waals surface area contributed by atoms with Crippen LogP contribution in [0.5, 0.6) is 5.88 Å². The number of amides is 1. The van der Waals surface area contributed by atoms with E-state index in [1.54, 1.807) is 19.4 Å². The Morgan fingerprint density at radius 3 is 2.74 bits per heavy atom. The molecule has 1 amide bonds. The van der Waals surface area contributed by atoms with E-state index in [2.05, 4.69) is 10.1 Å². The molecule has 0 aliphatic carbocycles. The Bertz CT molecular complexity index is 1360. The van der Waals surface area contributed by atoms with Crippen molar-refractivity contribution in [3.63, 3.8) is 0 Å². The number of aryl methyl sites for hydroxylation is 1. The Balaban J connectivity index is 1.45. The molecular weight excluding hydrogens is 416 g/mol.